The number of hydrogen-bond donors (Lipinski definition) is 2. The highest BCUT2D eigenvalue weighted by molar-refractivity contribution is 5.90. The maximum Gasteiger partial charge on any atom is 0.290 e. The number of amides is 1. The first-order valence-corrected chi connectivity index (χ1v) is 5.67. The molecule has 0 aliphatic heterocycles. The SMILES string of the molecule is CCc1nc(C(=O)NCCc2nc(C)no2)n[nH]1. The van der Waals surface area contributed by atoms with Gasteiger partial charge in [-0.25, -0.2) is 4.98 Å². The first kappa shape index (κ1) is 12.2. The van der Waals surface area contributed by atoms with E-state index in [9.17, 15) is 4.79 Å². The number of aryl methyl sites for hydroxylation is 2. The second-order valence-corrected chi connectivity index (χ2v) is 3.70. The number of aromatic nitrogens is 5. The van der Waals surface area contributed by atoms with Crippen LogP contribution in [0.15, 0.2) is 4.52 Å². The molecular weight excluding hydrogens is 236 g/mol. The molecule has 2 heterocycles. The van der Waals surface area contributed by atoms with Crippen molar-refractivity contribution in [3.05, 3.63) is 23.4 Å². The third kappa shape index (κ3) is 2.90. The first-order chi connectivity index (χ1) is 8.69. The van der Waals surface area contributed by atoms with Crippen molar-refractivity contribution in [2.45, 2.75) is 26.7 Å². The third-order valence-electron chi connectivity index (χ3n) is 2.26. The molecule has 0 radical (unpaired) electrons. The Morgan fingerprint density at radius 2 is 2.28 bits per heavy atom. The van der Waals surface area contributed by atoms with E-state index in [0.717, 1.165) is 0 Å². The molecule has 2 aromatic heterocycles. The second kappa shape index (κ2) is 5.39. The molecule has 0 aliphatic carbocycles. The average molecular weight is 250 g/mol. The number of nitrogens with one attached hydrogen (secondary N) is 2. The fraction of sp³-hybridized carbons (Fsp3) is 0.500. The highest BCUT2D eigenvalue weighted by Gasteiger charge is 2.11. The predicted molar refractivity (Wildman–Crippen MR) is 60.8 cm³/mol. The van der Waals surface area contributed by atoms with Gasteiger partial charge in [-0.15, -0.1) is 5.10 Å². The van der Waals surface area contributed by atoms with Gasteiger partial charge in [0.05, 0.1) is 0 Å². The Balaban J connectivity index is 1.81. The molecule has 1 amide bonds. The van der Waals surface area contributed by atoms with E-state index in [2.05, 4.69) is 30.6 Å². The van der Waals surface area contributed by atoms with Crippen LogP contribution in [-0.2, 0) is 12.8 Å². The zero-order chi connectivity index (χ0) is 13.0. The summed E-state index contributed by atoms with van der Waals surface area (Å²) in [4.78, 5) is 19.7. The van der Waals surface area contributed by atoms with E-state index in [1.54, 1.807) is 6.92 Å². The van der Waals surface area contributed by atoms with Crippen LogP contribution in [0.1, 0.15) is 35.1 Å². The summed E-state index contributed by atoms with van der Waals surface area (Å²) in [7, 11) is 0. The van der Waals surface area contributed by atoms with Crippen molar-refractivity contribution in [2.75, 3.05) is 6.54 Å². The predicted octanol–water partition coefficient (Wildman–Crippen LogP) is 0.0310. The largest absolute Gasteiger partial charge is 0.349 e. The second-order valence-electron chi connectivity index (χ2n) is 3.70. The average Bonchev–Trinajstić information content (AvgIpc) is 2.98. The van der Waals surface area contributed by atoms with Crippen molar-refractivity contribution < 1.29 is 9.32 Å². The summed E-state index contributed by atoms with van der Waals surface area (Å²) in [5, 5.41) is 12.8. The van der Waals surface area contributed by atoms with Crippen LogP contribution in [0.25, 0.3) is 0 Å². The third-order valence-corrected chi connectivity index (χ3v) is 2.26. The van der Waals surface area contributed by atoms with Crippen LogP contribution < -0.4 is 5.32 Å². The minimum absolute atomic E-state index is 0.147. The van der Waals surface area contributed by atoms with Crippen molar-refractivity contribution in [3.8, 4) is 0 Å². The van der Waals surface area contributed by atoms with E-state index in [1.165, 1.54) is 0 Å². The quantitative estimate of drug-likeness (QED) is 0.774. The molecule has 2 N–H and O–H groups in total. The van der Waals surface area contributed by atoms with E-state index < -0.39 is 0 Å². The highest BCUT2D eigenvalue weighted by atomic mass is 16.5. The van der Waals surface area contributed by atoms with Crippen LogP contribution in [0.3, 0.4) is 0 Å². The Labute approximate surface area is 103 Å². The molecule has 18 heavy (non-hydrogen) atoms. The summed E-state index contributed by atoms with van der Waals surface area (Å²) in [6.07, 6.45) is 1.19. The minimum Gasteiger partial charge on any atom is -0.349 e. The fourth-order valence-corrected chi connectivity index (χ4v) is 1.36. The lowest BCUT2D eigenvalue weighted by molar-refractivity contribution is 0.0943. The Kier molecular flexibility index (Phi) is 3.66. The number of carbonyl (C=O) groups excluding carboxylic acids is 1. The molecule has 0 aromatic carbocycles. The molecule has 2 aromatic rings. The first-order valence-electron chi connectivity index (χ1n) is 5.67. The minimum atomic E-state index is -0.317. The molecule has 8 heteroatoms. The van der Waals surface area contributed by atoms with Gasteiger partial charge in [-0.05, 0) is 6.92 Å². The molecule has 0 fully saturated rings. The number of H-pyrrole nitrogens is 1. The van der Waals surface area contributed by atoms with Gasteiger partial charge in [0.25, 0.3) is 5.91 Å². The summed E-state index contributed by atoms with van der Waals surface area (Å²) >= 11 is 0. The lowest BCUT2D eigenvalue weighted by Gasteiger charge is -1.98. The van der Waals surface area contributed by atoms with Gasteiger partial charge in [-0.2, -0.15) is 4.98 Å². The molecule has 0 aliphatic rings. The molecule has 0 saturated carbocycles. The van der Waals surface area contributed by atoms with E-state index >= 15 is 0 Å². The molecule has 2 rings (SSSR count). The Hall–Kier alpha value is -2.25. The molecule has 0 bridgehead atoms. The monoisotopic (exact) mass is 250 g/mol. The maximum atomic E-state index is 11.6. The van der Waals surface area contributed by atoms with Gasteiger partial charge in [-0.3, -0.25) is 9.89 Å². The van der Waals surface area contributed by atoms with Gasteiger partial charge in [0, 0.05) is 19.4 Å². The van der Waals surface area contributed by atoms with Crippen LogP contribution in [0.2, 0.25) is 0 Å². The topological polar surface area (TPSA) is 110 Å². The van der Waals surface area contributed by atoms with Crippen molar-refractivity contribution in [1.82, 2.24) is 30.6 Å². The molecule has 0 spiro atoms. The van der Waals surface area contributed by atoms with Gasteiger partial charge in [0.15, 0.2) is 5.82 Å². The van der Waals surface area contributed by atoms with Crippen LogP contribution in [-0.4, -0.2) is 37.8 Å². The van der Waals surface area contributed by atoms with Crippen LogP contribution in [0, 0.1) is 6.92 Å². The van der Waals surface area contributed by atoms with Gasteiger partial charge in [0.1, 0.15) is 5.82 Å². The molecule has 0 atom stereocenters. The number of nitrogens with zero attached hydrogens (tertiary/aromatic N) is 4. The Morgan fingerprint density at radius 1 is 1.44 bits per heavy atom. The number of carbonyl (C=O) groups is 1. The number of hydrogen-bond acceptors (Lipinski definition) is 6. The van der Waals surface area contributed by atoms with Crippen molar-refractivity contribution in [3.63, 3.8) is 0 Å². The summed E-state index contributed by atoms with van der Waals surface area (Å²) in [5.74, 6) is 1.60. The van der Waals surface area contributed by atoms with Crippen LogP contribution >= 0.6 is 0 Å². The van der Waals surface area contributed by atoms with Crippen molar-refractivity contribution >= 4 is 5.91 Å². The zero-order valence-electron chi connectivity index (χ0n) is 10.2. The van der Waals surface area contributed by atoms with E-state index in [0.29, 0.717) is 36.9 Å². The lowest BCUT2D eigenvalue weighted by Crippen LogP contribution is -2.26. The summed E-state index contributed by atoms with van der Waals surface area (Å²) in [6, 6.07) is 0. The van der Waals surface area contributed by atoms with Crippen LogP contribution in [0.5, 0.6) is 0 Å². The van der Waals surface area contributed by atoms with E-state index in [-0.39, 0.29) is 11.7 Å². The van der Waals surface area contributed by atoms with E-state index in [4.69, 9.17) is 4.52 Å². The van der Waals surface area contributed by atoms with Gasteiger partial charge in [-0.1, -0.05) is 12.1 Å². The van der Waals surface area contributed by atoms with Crippen molar-refractivity contribution in [2.24, 2.45) is 0 Å². The summed E-state index contributed by atoms with van der Waals surface area (Å²) in [5.41, 5.74) is 0. The normalized spacial score (nSPS) is 10.6. The smallest absolute Gasteiger partial charge is 0.290 e. The maximum absolute atomic E-state index is 11.6. The van der Waals surface area contributed by atoms with Crippen LogP contribution in [0.4, 0.5) is 0 Å². The lowest BCUT2D eigenvalue weighted by atomic mass is 10.4. The van der Waals surface area contributed by atoms with Gasteiger partial charge >= 0.3 is 0 Å². The van der Waals surface area contributed by atoms with Gasteiger partial charge in [0.2, 0.25) is 11.7 Å². The highest BCUT2D eigenvalue weighted by Crippen LogP contribution is 1.97. The zero-order valence-corrected chi connectivity index (χ0v) is 10.2. The van der Waals surface area contributed by atoms with Gasteiger partial charge < -0.3 is 9.84 Å². The molecule has 96 valence electrons. The molecule has 0 saturated heterocycles. The summed E-state index contributed by atoms with van der Waals surface area (Å²) < 4.78 is 4.92. The van der Waals surface area contributed by atoms with E-state index in [1.807, 2.05) is 6.92 Å². The molecule has 8 nitrogen and oxygen atoms in total. The number of aromatic amines is 1. The number of rotatable bonds is 5. The fourth-order valence-electron chi connectivity index (χ4n) is 1.36. The Morgan fingerprint density at radius 3 is 2.89 bits per heavy atom. The molecule has 0 unspecified atom stereocenters. The Bertz CT molecular complexity index is 532. The standard InChI is InChI=1S/C10H14N6O2/c1-3-7-13-9(15-14-7)10(17)11-5-4-8-12-6(2)16-18-8/h3-5H2,1-2H3,(H,11,17)(H,13,14,15). The van der Waals surface area contributed by atoms with Crippen molar-refractivity contribution in [1.29, 1.82) is 0 Å². The summed E-state index contributed by atoms with van der Waals surface area (Å²) in [6.45, 7) is 4.07. The molecular formula is C10H14N6O2.